The molecule has 1 aliphatic carbocycles. The van der Waals surface area contributed by atoms with Crippen molar-refractivity contribution < 1.29 is 15.0 Å². The molecule has 2 N–H and O–H groups in total. The molecule has 0 aromatic heterocycles. The van der Waals surface area contributed by atoms with Crippen LogP contribution in [0.1, 0.15) is 58.8 Å². The molecule has 1 fully saturated rings. The van der Waals surface area contributed by atoms with Crippen molar-refractivity contribution in [2.24, 2.45) is 5.92 Å². The number of benzene rings is 2. The van der Waals surface area contributed by atoms with Crippen LogP contribution in [0.3, 0.4) is 0 Å². The van der Waals surface area contributed by atoms with E-state index in [1.54, 1.807) is 24.3 Å². The lowest BCUT2D eigenvalue weighted by Crippen LogP contribution is -2.44. The number of aromatic carboxylic acids is 1. The minimum absolute atomic E-state index is 0.123. The number of aryl methyl sites for hydroxylation is 1. The third-order valence-corrected chi connectivity index (χ3v) is 6.59. The number of likely N-dealkylation sites (N-methyl/N-ethyl adjacent to an activating group) is 1. The Morgan fingerprint density at radius 3 is 2.56 bits per heavy atom. The predicted octanol–water partition coefficient (Wildman–Crippen LogP) is 3.62. The van der Waals surface area contributed by atoms with Crippen LogP contribution in [-0.2, 0) is 12.0 Å². The molecule has 2 aliphatic rings. The number of carbonyl (C=O) groups is 1. The number of aliphatic hydroxyl groups is 1. The summed E-state index contributed by atoms with van der Waals surface area (Å²) in [5.41, 5.74) is 3.49. The highest BCUT2D eigenvalue weighted by molar-refractivity contribution is 5.87. The molecule has 27 heavy (non-hydrogen) atoms. The number of hydrogen-bond acceptors (Lipinski definition) is 3. The first-order valence-electron chi connectivity index (χ1n) is 9.90. The van der Waals surface area contributed by atoms with E-state index in [9.17, 15) is 15.0 Å². The number of likely N-dealkylation sites (tertiary alicyclic amines) is 1. The Balaban J connectivity index is 1.84. The monoisotopic (exact) mass is 365 g/mol. The molecule has 0 radical (unpaired) electrons. The Bertz CT molecular complexity index is 860. The minimum atomic E-state index is -1.05. The molecule has 4 nitrogen and oxygen atoms in total. The fraction of sp³-hybridized carbons (Fsp3) is 0.435. The van der Waals surface area contributed by atoms with Crippen molar-refractivity contribution >= 4 is 5.97 Å². The number of nitrogens with zero attached hydrogens (tertiary/aromatic N) is 1. The standard InChI is InChI=1S/C23H27NO3/c1-3-15-5-10-18-19-14-24(4-2)12-11-20(19)23(27,21(18)13-15)17-8-6-16(7-9-17)22(25)26/h5-10,13,19-20,27H,3-4,11-12,14H2,1-2H3,(H,25,26)/t19-,20-,23?/m1/s1. The number of fused-ring (bicyclic) bond motifs is 3. The first kappa shape index (κ1) is 18.2. The zero-order valence-corrected chi connectivity index (χ0v) is 16.0. The van der Waals surface area contributed by atoms with Gasteiger partial charge in [0.25, 0.3) is 0 Å². The van der Waals surface area contributed by atoms with Gasteiger partial charge in [-0.15, -0.1) is 0 Å². The van der Waals surface area contributed by atoms with Gasteiger partial charge in [0.05, 0.1) is 5.56 Å². The molecule has 142 valence electrons. The van der Waals surface area contributed by atoms with Gasteiger partial charge in [-0.1, -0.05) is 44.2 Å². The van der Waals surface area contributed by atoms with Gasteiger partial charge in [0.2, 0.25) is 0 Å². The molecule has 2 aromatic carbocycles. The molecular weight excluding hydrogens is 338 g/mol. The average molecular weight is 365 g/mol. The molecule has 1 aliphatic heterocycles. The Kier molecular flexibility index (Phi) is 4.57. The summed E-state index contributed by atoms with van der Waals surface area (Å²) in [5, 5.41) is 21.3. The largest absolute Gasteiger partial charge is 0.478 e. The second kappa shape index (κ2) is 6.77. The first-order chi connectivity index (χ1) is 13.0. The Morgan fingerprint density at radius 2 is 1.93 bits per heavy atom. The molecule has 2 aromatic rings. The average Bonchev–Trinajstić information content (AvgIpc) is 2.96. The fourth-order valence-electron chi connectivity index (χ4n) is 5.03. The van der Waals surface area contributed by atoms with E-state index in [2.05, 4.69) is 36.9 Å². The lowest BCUT2D eigenvalue weighted by molar-refractivity contribution is -0.00744. The molecule has 0 saturated carbocycles. The molecule has 4 heteroatoms. The minimum Gasteiger partial charge on any atom is -0.478 e. The Labute approximate surface area is 160 Å². The number of piperidine rings is 1. The number of hydrogen-bond donors (Lipinski definition) is 2. The third kappa shape index (κ3) is 2.79. The maximum Gasteiger partial charge on any atom is 0.335 e. The van der Waals surface area contributed by atoms with E-state index in [0.717, 1.165) is 43.6 Å². The van der Waals surface area contributed by atoms with E-state index < -0.39 is 11.6 Å². The normalized spacial score (nSPS) is 27.2. The van der Waals surface area contributed by atoms with Crippen molar-refractivity contribution in [1.29, 1.82) is 0 Å². The van der Waals surface area contributed by atoms with Crippen LogP contribution in [0.25, 0.3) is 0 Å². The molecule has 3 atom stereocenters. The van der Waals surface area contributed by atoms with E-state index in [0.29, 0.717) is 5.92 Å². The van der Waals surface area contributed by atoms with Crippen LogP contribution in [0.4, 0.5) is 0 Å². The van der Waals surface area contributed by atoms with Gasteiger partial charge in [-0.3, -0.25) is 0 Å². The van der Waals surface area contributed by atoms with Crippen LogP contribution in [0.15, 0.2) is 42.5 Å². The van der Waals surface area contributed by atoms with Gasteiger partial charge in [0.1, 0.15) is 5.60 Å². The Hall–Kier alpha value is -2.17. The van der Waals surface area contributed by atoms with Crippen molar-refractivity contribution in [2.45, 2.75) is 38.2 Å². The molecule has 0 spiro atoms. The van der Waals surface area contributed by atoms with Crippen LogP contribution < -0.4 is 0 Å². The number of carboxylic acids is 1. The van der Waals surface area contributed by atoms with E-state index in [4.69, 9.17) is 0 Å². The summed E-state index contributed by atoms with van der Waals surface area (Å²) in [7, 11) is 0. The van der Waals surface area contributed by atoms with Crippen molar-refractivity contribution in [2.75, 3.05) is 19.6 Å². The fourth-order valence-corrected chi connectivity index (χ4v) is 5.03. The second-order valence-corrected chi connectivity index (χ2v) is 7.82. The highest BCUT2D eigenvalue weighted by Gasteiger charge is 2.53. The highest BCUT2D eigenvalue weighted by atomic mass is 16.4. The zero-order chi connectivity index (χ0) is 19.2. The van der Waals surface area contributed by atoms with Gasteiger partial charge in [-0.05, 0) is 60.3 Å². The van der Waals surface area contributed by atoms with Crippen LogP contribution in [0, 0.1) is 5.92 Å². The van der Waals surface area contributed by atoms with Gasteiger partial charge < -0.3 is 15.1 Å². The SMILES string of the molecule is CCc1ccc2c(c1)C(O)(c1ccc(C(=O)O)cc1)[C@@H]1CCN(CC)C[C@H]21. The topological polar surface area (TPSA) is 60.8 Å². The first-order valence-corrected chi connectivity index (χ1v) is 9.90. The molecule has 1 heterocycles. The lowest BCUT2D eigenvalue weighted by Gasteiger charge is -2.40. The number of carboxylic acid groups (broad SMARTS) is 1. The van der Waals surface area contributed by atoms with Gasteiger partial charge in [-0.25, -0.2) is 4.79 Å². The summed E-state index contributed by atoms with van der Waals surface area (Å²) < 4.78 is 0. The summed E-state index contributed by atoms with van der Waals surface area (Å²) in [6.45, 7) is 7.30. The van der Waals surface area contributed by atoms with Crippen molar-refractivity contribution in [3.05, 3.63) is 70.3 Å². The maximum absolute atomic E-state index is 12.1. The zero-order valence-electron chi connectivity index (χ0n) is 16.0. The van der Waals surface area contributed by atoms with Crippen molar-refractivity contribution in [3.63, 3.8) is 0 Å². The Morgan fingerprint density at radius 1 is 1.19 bits per heavy atom. The highest BCUT2D eigenvalue weighted by Crippen LogP contribution is 2.55. The van der Waals surface area contributed by atoms with E-state index in [1.807, 2.05) is 0 Å². The van der Waals surface area contributed by atoms with E-state index in [1.165, 1.54) is 11.1 Å². The maximum atomic E-state index is 12.1. The summed E-state index contributed by atoms with van der Waals surface area (Å²) in [4.78, 5) is 13.7. The second-order valence-electron chi connectivity index (χ2n) is 7.82. The smallest absolute Gasteiger partial charge is 0.335 e. The number of rotatable bonds is 4. The van der Waals surface area contributed by atoms with E-state index in [-0.39, 0.29) is 11.5 Å². The van der Waals surface area contributed by atoms with Crippen LogP contribution >= 0.6 is 0 Å². The predicted molar refractivity (Wildman–Crippen MR) is 105 cm³/mol. The molecule has 1 unspecified atom stereocenters. The van der Waals surface area contributed by atoms with Crippen molar-refractivity contribution in [1.82, 2.24) is 4.90 Å². The third-order valence-electron chi connectivity index (χ3n) is 6.59. The van der Waals surface area contributed by atoms with Gasteiger partial charge >= 0.3 is 5.97 Å². The summed E-state index contributed by atoms with van der Waals surface area (Å²) in [6.07, 6.45) is 1.86. The molecule has 0 bridgehead atoms. The van der Waals surface area contributed by atoms with Crippen LogP contribution in [-0.4, -0.2) is 40.7 Å². The summed E-state index contributed by atoms with van der Waals surface area (Å²) >= 11 is 0. The molecule has 4 rings (SSSR count). The quantitative estimate of drug-likeness (QED) is 0.869. The van der Waals surface area contributed by atoms with Crippen molar-refractivity contribution in [3.8, 4) is 0 Å². The molecular formula is C23H27NO3. The van der Waals surface area contributed by atoms with E-state index >= 15 is 0 Å². The molecule has 0 amide bonds. The summed E-state index contributed by atoms with van der Waals surface area (Å²) in [6, 6.07) is 13.3. The van der Waals surface area contributed by atoms with Crippen LogP contribution in [0.2, 0.25) is 0 Å². The lowest BCUT2D eigenvalue weighted by atomic mass is 9.74. The summed E-state index contributed by atoms with van der Waals surface area (Å²) in [5.74, 6) is -0.510. The van der Waals surface area contributed by atoms with Gasteiger partial charge in [0, 0.05) is 18.4 Å². The van der Waals surface area contributed by atoms with Gasteiger partial charge in [-0.2, -0.15) is 0 Å². The van der Waals surface area contributed by atoms with Crippen LogP contribution in [0.5, 0.6) is 0 Å². The van der Waals surface area contributed by atoms with Gasteiger partial charge in [0.15, 0.2) is 0 Å². The molecule has 1 saturated heterocycles.